The van der Waals surface area contributed by atoms with Crippen LogP contribution >= 0.6 is 11.6 Å². The van der Waals surface area contributed by atoms with Gasteiger partial charge in [-0.2, -0.15) is 0 Å². The Morgan fingerprint density at radius 1 is 1.19 bits per heavy atom. The summed E-state index contributed by atoms with van der Waals surface area (Å²) in [5.41, 5.74) is 1.08. The first-order valence-corrected chi connectivity index (χ1v) is 7.78. The van der Waals surface area contributed by atoms with Gasteiger partial charge in [0.2, 0.25) is 0 Å². The van der Waals surface area contributed by atoms with Crippen LogP contribution in [0.15, 0.2) is 47.4 Å². The molecule has 0 spiro atoms. The van der Waals surface area contributed by atoms with Gasteiger partial charge in [-0.15, -0.1) is 0 Å². The van der Waals surface area contributed by atoms with Gasteiger partial charge in [0.1, 0.15) is 0 Å². The molecule has 7 heteroatoms. The molecule has 0 heterocycles. The maximum atomic E-state index is 12.3. The maximum Gasteiger partial charge on any atom is 0.337 e. The number of nitrogens with one attached hydrogen (secondary N) is 1. The van der Waals surface area contributed by atoms with Crippen molar-refractivity contribution in [2.45, 2.75) is 11.8 Å². The number of benzene rings is 2. The van der Waals surface area contributed by atoms with Crippen LogP contribution in [0.1, 0.15) is 15.9 Å². The number of halogens is 1. The van der Waals surface area contributed by atoms with Gasteiger partial charge < -0.3 is 5.11 Å². The maximum absolute atomic E-state index is 12.3. The van der Waals surface area contributed by atoms with Crippen LogP contribution < -0.4 is 4.72 Å². The first kappa shape index (κ1) is 15.3. The predicted molar refractivity (Wildman–Crippen MR) is 80.4 cm³/mol. The van der Waals surface area contributed by atoms with E-state index in [9.17, 15) is 13.2 Å². The van der Waals surface area contributed by atoms with Crippen LogP contribution in [0.2, 0.25) is 5.02 Å². The fourth-order valence-electron chi connectivity index (χ4n) is 1.73. The molecule has 21 heavy (non-hydrogen) atoms. The van der Waals surface area contributed by atoms with Gasteiger partial charge in [-0.3, -0.25) is 4.72 Å². The highest BCUT2D eigenvalue weighted by Gasteiger charge is 2.18. The molecule has 110 valence electrons. The molecule has 2 rings (SSSR count). The molecule has 0 atom stereocenters. The van der Waals surface area contributed by atoms with Crippen molar-refractivity contribution >= 4 is 33.3 Å². The number of aromatic carboxylic acids is 1. The van der Waals surface area contributed by atoms with Crippen LogP contribution in [0.4, 0.5) is 5.69 Å². The molecule has 2 N–H and O–H groups in total. The van der Waals surface area contributed by atoms with Gasteiger partial charge in [0.05, 0.1) is 21.2 Å². The number of para-hydroxylation sites is 1. The molecule has 0 fully saturated rings. The summed E-state index contributed by atoms with van der Waals surface area (Å²) in [7, 11) is -3.83. The smallest absolute Gasteiger partial charge is 0.337 e. The molecule has 2 aromatic carbocycles. The average molecular weight is 326 g/mol. The quantitative estimate of drug-likeness (QED) is 0.904. The van der Waals surface area contributed by atoms with E-state index >= 15 is 0 Å². The first-order chi connectivity index (χ1) is 9.81. The molecule has 0 aliphatic rings. The predicted octanol–water partition coefficient (Wildman–Crippen LogP) is 3.15. The highest BCUT2D eigenvalue weighted by Crippen LogP contribution is 2.24. The highest BCUT2D eigenvalue weighted by atomic mass is 35.5. The minimum Gasteiger partial charge on any atom is -0.478 e. The van der Waals surface area contributed by atoms with E-state index in [-0.39, 0.29) is 15.5 Å². The molecule has 2 aromatic rings. The molecular weight excluding hydrogens is 314 g/mol. The summed E-state index contributed by atoms with van der Waals surface area (Å²) >= 11 is 5.79. The zero-order chi connectivity index (χ0) is 15.6. The van der Waals surface area contributed by atoms with Crippen LogP contribution in [-0.4, -0.2) is 19.5 Å². The Morgan fingerprint density at radius 2 is 1.86 bits per heavy atom. The van der Waals surface area contributed by atoms with Crippen LogP contribution in [0.5, 0.6) is 0 Å². The van der Waals surface area contributed by atoms with Crippen molar-refractivity contribution in [1.29, 1.82) is 0 Å². The number of rotatable bonds is 4. The standard InChI is InChI=1S/C14H12ClNO4S/c1-9-4-2-3-5-13(9)16-21(19,20)10-6-7-11(14(17)18)12(15)8-10/h2-8,16H,1H3,(H,17,18). The summed E-state index contributed by atoms with van der Waals surface area (Å²) in [5, 5.41) is 8.75. The largest absolute Gasteiger partial charge is 0.478 e. The van der Waals surface area contributed by atoms with Gasteiger partial charge in [-0.1, -0.05) is 29.8 Å². The Kier molecular flexibility index (Phi) is 4.20. The lowest BCUT2D eigenvalue weighted by Crippen LogP contribution is -2.14. The Bertz CT molecular complexity index is 802. The number of anilines is 1. The number of hydrogen-bond donors (Lipinski definition) is 2. The SMILES string of the molecule is Cc1ccccc1NS(=O)(=O)c1ccc(C(=O)O)c(Cl)c1. The van der Waals surface area contributed by atoms with E-state index in [1.165, 1.54) is 6.07 Å². The molecule has 0 unspecified atom stereocenters. The molecule has 0 amide bonds. The monoisotopic (exact) mass is 325 g/mol. The lowest BCUT2D eigenvalue weighted by molar-refractivity contribution is 0.0697. The Hall–Kier alpha value is -2.05. The molecule has 0 saturated carbocycles. The van der Waals surface area contributed by atoms with Crippen molar-refractivity contribution in [3.63, 3.8) is 0 Å². The minimum atomic E-state index is -3.83. The van der Waals surface area contributed by atoms with Gasteiger partial charge in [0.15, 0.2) is 0 Å². The lowest BCUT2D eigenvalue weighted by atomic mass is 10.2. The number of hydrogen-bond acceptors (Lipinski definition) is 3. The third-order valence-electron chi connectivity index (χ3n) is 2.87. The summed E-state index contributed by atoms with van der Waals surface area (Å²) < 4.78 is 27.0. The van der Waals surface area contributed by atoms with Crippen LogP contribution in [0, 0.1) is 6.92 Å². The van der Waals surface area contributed by atoms with E-state index in [2.05, 4.69) is 4.72 Å². The minimum absolute atomic E-state index is 0.0965. The van der Waals surface area contributed by atoms with Crippen molar-refractivity contribution in [2.75, 3.05) is 4.72 Å². The van der Waals surface area contributed by atoms with Crippen LogP contribution in [0.3, 0.4) is 0 Å². The number of carboxylic acid groups (broad SMARTS) is 1. The second kappa shape index (κ2) is 5.75. The normalized spacial score (nSPS) is 11.1. The van der Waals surface area contributed by atoms with E-state index in [1.807, 2.05) is 0 Å². The topological polar surface area (TPSA) is 83.5 Å². The Balaban J connectivity index is 2.39. The van der Waals surface area contributed by atoms with Gasteiger partial charge in [0.25, 0.3) is 10.0 Å². The molecule has 0 aliphatic heterocycles. The molecule has 0 aliphatic carbocycles. The van der Waals surface area contributed by atoms with Crippen LogP contribution in [-0.2, 0) is 10.0 Å². The van der Waals surface area contributed by atoms with Gasteiger partial charge in [-0.05, 0) is 36.8 Å². The Labute approximate surface area is 127 Å². The molecule has 5 nitrogen and oxygen atoms in total. The van der Waals surface area contributed by atoms with E-state index in [4.69, 9.17) is 16.7 Å². The van der Waals surface area contributed by atoms with E-state index in [0.717, 1.165) is 17.7 Å². The number of sulfonamides is 1. The summed E-state index contributed by atoms with van der Waals surface area (Å²) in [5.74, 6) is -1.21. The van der Waals surface area contributed by atoms with Gasteiger partial charge >= 0.3 is 5.97 Å². The van der Waals surface area contributed by atoms with E-state index < -0.39 is 16.0 Å². The molecule has 0 saturated heterocycles. The highest BCUT2D eigenvalue weighted by molar-refractivity contribution is 7.92. The summed E-state index contributed by atoms with van der Waals surface area (Å²) in [6, 6.07) is 10.4. The number of carbonyl (C=O) groups is 1. The molecule has 0 aromatic heterocycles. The summed E-state index contributed by atoms with van der Waals surface area (Å²) in [4.78, 5) is 10.8. The zero-order valence-corrected chi connectivity index (χ0v) is 12.6. The van der Waals surface area contributed by atoms with E-state index in [1.54, 1.807) is 31.2 Å². The summed E-state index contributed by atoms with van der Waals surface area (Å²) in [6.07, 6.45) is 0. The van der Waals surface area contributed by atoms with Crippen LogP contribution in [0.25, 0.3) is 0 Å². The molecular formula is C14H12ClNO4S. The van der Waals surface area contributed by atoms with Crippen molar-refractivity contribution in [3.8, 4) is 0 Å². The van der Waals surface area contributed by atoms with Crippen molar-refractivity contribution in [1.82, 2.24) is 0 Å². The first-order valence-electron chi connectivity index (χ1n) is 5.92. The summed E-state index contributed by atoms with van der Waals surface area (Å²) in [6.45, 7) is 1.78. The fraction of sp³-hybridized carbons (Fsp3) is 0.0714. The van der Waals surface area contributed by atoms with Crippen molar-refractivity contribution < 1.29 is 18.3 Å². The fourth-order valence-corrected chi connectivity index (χ4v) is 3.21. The molecule has 0 bridgehead atoms. The number of aryl methyl sites for hydroxylation is 1. The second-order valence-corrected chi connectivity index (χ2v) is 6.46. The van der Waals surface area contributed by atoms with Gasteiger partial charge in [0, 0.05) is 0 Å². The number of carboxylic acids is 1. The van der Waals surface area contributed by atoms with Gasteiger partial charge in [-0.25, -0.2) is 13.2 Å². The third kappa shape index (κ3) is 3.34. The molecule has 0 radical (unpaired) electrons. The zero-order valence-electron chi connectivity index (χ0n) is 11.0. The van der Waals surface area contributed by atoms with E-state index in [0.29, 0.717) is 5.69 Å². The Morgan fingerprint density at radius 3 is 2.43 bits per heavy atom. The lowest BCUT2D eigenvalue weighted by Gasteiger charge is -2.11. The van der Waals surface area contributed by atoms with Crippen molar-refractivity contribution in [2.24, 2.45) is 0 Å². The third-order valence-corrected chi connectivity index (χ3v) is 4.55. The average Bonchev–Trinajstić information content (AvgIpc) is 2.40. The second-order valence-electron chi connectivity index (χ2n) is 4.37. The van der Waals surface area contributed by atoms with Crippen molar-refractivity contribution in [3.05, 3.63) is 58.6 Å².